The molecule has 1 atom stereocenters. The van der Waals surface area contributed by atoms with Gasteiger partial charge in [0.1, 0.15) is 5.82 Å². The zero-order valence-corrected chi connectivity index (χ0v) is 21.2. The molecule has 1 saturated carbocycles. The molecule has 5 rings (SSSR count). The molecule has 1 aromatic heterocycles. The quantitative estimate of drug-likeness (QED) is 0.489. The molecular weight excluding hydrogens is 477 g/mol. The van der Waals surface area contributed by atoms with Crippen LogP contribution in [0.25, 0.3) is 11.0 Å². The number of halogens is 1. The number of ether oxygens (including phenoxy) is 2. The summed E-state index contributed by atoms with van der Waals surface area (Å²) < 4.78 is 26.2. The molecule has 1 aliphatic heterocycles. The van der Waals surface area contributed by atoms with Crippen LogP contribution in [0.4, 0.5) is 9.18 Å². The van der Waals surface area contributed by atoms with Crippen LogP contribution >= 0.6 is 0 Å². The molecule has 3 aromatic rings. The summed E-state index contributed by atoms with van der Waals surface area (Å²) in [5.74, 6) is -1.32. The van der Waals surface area contributed by atoms with E-state index < -0.39 is 17.7 Å². The number of hydrogen-bond acceptors (Lipinski definition) is 5. The largest absolute Gasteiger partial charge is 0.494 e. The number of imidazole rings is 1. The predicted molar refractivity (Wildman–Crippen MR) is 135 cm³/mol. The number of carbonyl (C=O) groups is 2. The summed E-state index contributed by atoms with van der Waals surface area (Å²) in [7, 11) is 2.74. The highest BCUT2D eigenvalue weighted by atomic mass is 19.1. The van der Waals surface area contributed by atoms with Gasteiger partial charge in [-0.05, 0) is 48.6 Å². The Morgan fingerprint density at radius 2 is 1.95 bits per heavy atom. The number of methoxy groups -OCH3 is 2. The lowest BCUT2D eigenvalue weighted by Crippen LogP contribution is -2.35. The molecule has 0 spiro atoms. The minimum atomic E-state index is -1.00. The first-order chi connectivity index (χ1) is 17.9. The minimum Gasteiger partial charge on any atom is -0.494 e. The van der Waals surface area contributed by atoms with Gasteiger partial charge in [-0.25, -0.2) is 14.2 Å². The molecule has 1 N–H and O–H groups in total. The summed E-state index contributed by atoms with van der Waals surface area (Å²) in [5, 5.41) is 10.2. The molecule has 1 fully saturated rings. The zero-order chi connectivity index (χ0) is 26.1. The van der Waals surface area contributed by atoms with Crippen LogP contribution in [-0.2, 0) is 29.0 Å². The van der Waals surface area contributed by atoms with Gasteiger partial charge in [-0.3, -0.25) is 4.79 Å². The molecule has 9 heteroatoms. The van der Waals surface area contributed by atoms with Crippen molar-refractivity contribution in [3.63, 3.8) is 0 Å². The first-order valence-electron chi connectivity index (χ1n) is 12.8. The SMILES string of the molecule is COC(=O)N1CCc2ccc3c(nc(C4CCCCC4)n3C[C@H](C(=O)O)c3ccc(F)c(OC)c3)c2C1. The van der Waals surface area contributed by atoms with E-state index in [1.54, 1.807) is 4.90 Å². The fourth-order valence-electron chi connectivity index (χ4n) is 5.79. The number of aromatic nitrogens is 2. The van der Waals surface area contributed by atoms with E-state index in [-0.39, 0.29) is 24.3 Å². The number of carboxylic acids is 1. The van der Waals surface area contributed by atoms with E-state index in [1.165, 1.54) is 38.8 Å². The summed E-state index contributed by atoms with van der Waals surface area (Å²) in [6.45, 7) is 1.14. The van der Waals surface area contributed by atoms with Crippen LogP contribution in [0.15, 0.2) is 30.3 Å². The Hall–Kier alpha value is -3.62. The Balaban J connectivity index is 1.62. The third-order valence-corrected chi connectivity index (χ3v) is 7.80. The number of benzene rings is 2. The van der Waals surface area contributed by atoms with E-state index in [0.717, 1.165) is 53.7 Å². The highest BCUT2D eigenvalue weighted by Crippen LogP contribution is 2.37. The van der Waals surface area contributed by atoms with Gasteiger partial charge in [-0.15, -0.1) is 0 Å². The second-order valence-corrected chi connectivity index (χ2v) is 9.91. The smallest absolute Gasteiger partial charge is 0.409 e. The van der Waals surface area contributed by atoms with Crippen LogP contribution < -0.4 is 4.74 Å². The van der Waals surface area contributed by atoms with E-state index in [4.69, 9.17) is 14.5 Å². The summed E-state index contributed by atoms with van der Waals surface area (Å²) in [6, 6.07) is 8.29. The monoisotopic (exact) mass is 509 g/mol. The van der Waals surface area contributed by atoms with Gasteiger partial charge in [-0.1, -0.05) is 31.4 Å². The highest BCUT2D eigenvalue weighted by Gasteiger charge is 2.30. The molecule has 0 radical (unpaired) electrons. The average Bonchev–Trinajstić information content (AvgIpc) is 3.30. The lowest BCUT2D eigenvalue weighted by molar-refractivity contribution is -0.139. The number of carboxylic acid groups (broad SMARTS) is 1. The fraction of sp³-hybridized carbons (Fsp3) is 0.464. The number of aliphatic carboxylic acids is 1. The van der Waals surface area contributed by atoms with Gasteiger partial charge in [0.25, 0.3) is 0 Å². The first kappa shape index (κ1) is 25.0. The van der Waals surface area contributed by atoms with Gasteiger partial charge in [0, 0.05) is 24.6 Å². The second-order valence-electron chi connectivity index (χ2n) is 9.91. The van der Waals surface area contributed by atoms with Crippen LogP contribution in [0.5, 0.6) is 5.75 Å². The van der Waals surface area contributed by atoms with E-state index in [0.29, 0.717) is 25.1 Å². The Labute approximate surface area is 215 Å². The van der Waals surface area contributed by atoms with Crippen LogP contribution in [0.3, 0.4) is 0 Å². The third kappa shape index (κ3) is 4.74. The number of amides is 1. The van der Waals surface area contributed by atoms with Crippen LogP contribution in [0.2, 0.25) is 0 Å². The van der Waals surface area contributed by atoms with Crippen molar-refractivity contribution in [1.82, 2.24) is 14.5 Å². The summed E-state index contributed by atoms with van der Waals surface area (Å²) >= 11 is 0. The van der Waals surface area contributed by atoms with Gasteiger partial charge in [0.2, 0.25) is 0 Å². The number of hydrogen-bond donors (Lipinski definition) is 1. The van der Waals surface area contributed by atoms with Crippen molar-refractivity contribution in [3.8, 4) is 5.75 Å². The molecule has 1 aliphatic carbocycles. The van der Waals surface area contributed by atoms with Crippen molar-refractivity contribution in [2.24, 2.45) is 0 Å². The fourth-order valence-corrected chi connectivity index (χ4v) is 5.79. The topological polar surface area (TPSA) is 93.9 Å². The molecule has 37 heavy (non-hydrogen) atoms. The molecule has 196 valence electrons. The van der Waals surface area contributed by atoms with Gasteiger partial charge in [-0.2, -0.15) is 0 Å². The lowest BCUT2D eigenvalue weighted by Gasteiger charge is -2.27. The summed E-state index contributed by atoms with van der Waals surface area (Å²) in [5.41, 5.74) is 4.27. The van der Waals surface area contributed by atoms with Gasteiger partial charge in [0.15, 0.2) is 11.6 Å². The first-order valence-corrected chi connectivity index (χ1v) is 12.8. The van der Waals surface area contributed by atoms with Crippen LogP contribution in [0.1, 0.15) is 66.5 Å². The zero-order valence-electron chi connectivity index (χ0n) is 21.2. The summed E-state index contributed by atoms with van der Waals surface area (Å²) in [4.78, 5) is 31.6. The summed E-state index contributed by atoms with van der Waals surface area (Å²) in [6.07, 6.45) is 5.75. The minimum absolute atomic E-state index is 0.0173. The maximum absolute atomic E-state index is 14.1. The molecule has 2 heterocycles. The number of nitrogens with zero attached hydrogens (tertiary/aromatic N) is 3. The van der Waals surface area contributed by atoms with Crippen molar-refractivity contribution in [2.45, 2.75) is 63.5 Å². The molecule has 1 amide bonds. The molecule has 0 unspecified atom stereocenters. The van der Waals surface area contributed by atoms with Crippen molar-refractivity contribution in [1.29, 1.82) is 0 Å². The molecule has 0 saturated heterocycles. The Bertz CT molecular complexity index is 1330. The second kappa shape index (κ2) is 10.4. The normalized spacial score (nSPS) is 16.9. The van der Waals surface area contributed by atoms with Crippen molar-refractivity contribution in [3.05, 3.63) is 58.7 Å². The number of fused-ring (bicyclic) bond motifs is 3. The van der Waals surface area contributed by atoms with E-state index >= 15 is 0 Å². The average molecular weight is 510 g/mol. The van der Waals surface area contributed by atoms with Crippen molar-refractivity contribution < 1.29 is 28.6 Å². The molecule has 8 nitrogen and oxygen atoms in total. The maximum Gasteiger partial charge on any atom is 0.409 e. The van der Waals surface area contributed by atoms with E-state index in [2.05, 4.69) is 6.07 Å². The predicted octanol–water partition coefficient (Wildman–Crippen LogP) is 5.22. The highest BCUT2D eigenvalue weighted by molar-refractivity contribution is 5.83. The maximum atomic E-state index is 14.1. The number of rotatable bonds is 6. The standard InChI is InChI=1S/C28H32FN3O5/c1-36-24-14-19(8-10-22(24)29)21(27(33)34)16-32-23-11-9-17-12-13-31(28(35)37-2)15-20(17)25(23)30-26(32)18-6-4-3-5-7-18/h8-11,14,18,21H,3-7,12-13,15-16H2,1-2H3,(H,33,34)/t21-/m0/s1. The van der Waals surface area contributed by atoms with Gasteiger partial charge >= 0.3 is 12.1 Å². The Kier molecular flexibility index (Phi) is 7.04. The third-order valence-electron chi connectivity index (χ3n) is 7.80. The molecule has 2 aliphatic rings. The molecule has 2 aromatic carbocycles. The van der Waals surface area contributed by atoms with Gasteiger partial charge in [0.05, 0.1) is 37.7 Å². The molecule has 0 bridgehead atoms. The van der Waals surface area contributed by atoms with E-state index in [1.807, 2.05) is 10.6 Å². The Morgan fingerprint density at radius 1 is 1.16 bits per heavy atom. The Morgan fingerprint density at radius 3 is 2.65 bits per heavy atom. The van der Waals surface area contributed by atoms with Gasteiger partial charge < -0.3 is 24.0 Å². The van der Waals surface area contributed by atoms with Crippen molar-refractivity contribution >= 4 is 23.1 Å². The number of carbonyl (C=O) groups excluding carboxylic acids is 1. The van der Waals surface area contributed by atoms with E-state index in [9.17, 15) is 19.1 Å². The van der Waals surface area contributed by atoms with Crippen LogP contribution in [-0.4, -0.2) is 52.4 Å². The lowest BCUT2D eigenvalue weighted by atomic mass is 9.88. The van der Waals surface area contributed by atoms with Crippen LogP contribution in [0, 0.1) is 5.82 Å². The molecular formula is C28H32FN3O5. The van der Waals surface area contributed by atoms with Crippen molar-refractivity contribution in [2.75, 3.05) is 20.8 Å².